The van der Waals surface area contributed by atoms with Gasteiger partial charge < -0.3 is 14.5 Å². The van der Waals surface area contributed by atoms with Crippen LogP contribution in [0.25, 0.3) is 11.5 Å². The third-order valence-electron chi connectivity index (χ3n) is 5.14. The van der Waals surface area contributed by atoms with Crippen molar-refractivity contribution in [1.82, 2.24) is 4.98 Å². The van der Waals surface area contributed by atoms with Crippen LogP contribution in [0, 0.1) is 6.92 Å². The van der Waals surface area contributed by atoms with Crippen LogP contribution >= 0.6 is 11.6 Å². The molecule has 6 nitrogen and oxygen atoms in total. The average Bonchev–Trinajstić information content (AvgIpc) is 3.25. The molecule has 0 amide bonds. The molecule has 0 atom stereocenters. The molecule has 0 bridgehead atoms. The third kappa shape index (κ3) is 5.05. The Morgan fingerprint density at radius 3 is 2.36 bits per heavy atom. The third-order valence-corrected chi connectivity index (χ3v) is 7.15. The molecule has 1 N–H and O–H groups in total. The van der Waals surface area contributed by atoms with E-state index in [9.17, 15) is 8.42 Å². The first-order chi connectivity index (χ1) is 15.9. The number of hydrogen-bond donors (Lipinski definition) is 1. The Kier molecular flexibility index (Phi) is 6.72. The fourth-order valence-corrected chi connectivity index (χ4v) is 4.79. The van der Waals surface area contributed by atoms with Crippen molar-refractivity contribution in [1.29, 1.82) is 0 Å². The number of sulfone groups is 1. The summed E-state index contributed by atoms with van der Waals surface area (Å²) in [5.74, 6) is 0.995. The largest absolute Gasteiger partial charge is 0.497 e. The molecule has 1 aromatic heterocycles. The van der Waals surface area contributed by atoms with Crippen molar-refractivity contribution in [2.75, 3.05) is 19.0 Å². The minimum absolute atomic E-state index is 0.0824. The minimum atomic E-state index is -3.92. The topological polar surface area (TPSA) is 81.4 Å². The van der Waals surface area contributed by atoms with E-state index >= 15 is 0 Å². The van der Waals surface area contributed by atoms with Gasteiger partial charge in [-0.15, -0.1) is 0 Å². The van der Waals surface area contributed by atoms with E-state index in [1.165, 1.54) is 0 Å². The number of oxazole rings is 1. The number of methoxy groups -OCH3 is 1. The zero-order chi connectivity index (χ0) is 23.4. The maximum absolute atomic E-state index is 13.4. The number of benzene rings is 3. The standard InChI is InChI=1S/C25H23ClN2O4S/c1-17-7-13-20(14-8-17)33(29,30)25-24(27-16-15-18-9-11-19(31-2)12-10-18)32-23(28-25)21-5-3-4-6-22(21)26/h3-14,27H,15-16H2,1-2H3. The molecular formula is C25H23ClN2O4S. The number of aryl methyl sites for hydroxylation is 1. The number of hydrogen-bond acceptors (Lipinski definition) is 6. The van der Waals surface area contributed by atoms with Gasteiger partial charge in [-0.1, -0.05) is 53.6 Å². The molecule has 170 valence electrons. The van der Waals surface area contributed by atoms with Crippen molar-refractivity contribution < 1.29 is 17.6 Å². The first-order valence-electron chi connectivity index (χ1n) is 10.3. The number of nitrogens with one attached hydrogen (secondary N) is 1. The van der Waals surface area contributed by atoms with Crippen LogP contribution in [0.5, 0.6) is 5.75 Å². The average molecular weight is 483 g/mol. The van der Waals surface area contributed by atoms with Crippen LogP contribution < -0.4 is 10.1 Å². The van der Waals surface area contributed by atoms with Crippen molar-refractivity contribution in [3.63, 3.8) is 0 Å². The summed E-state index contributed by atoms with van der Waals surface area (Å²) in [5.41, 5.74) is 2.54. The van der Waals surface area contributed by atoms with E-state index < -0.39 is 9.84 Å². The summed E-state index contributed by atoms with van der Waals surface area (Å²) in [4.78, 5) is 4.49. The van der Waals surface area contributed by atoms with Crippen LogP contribution in [0.4, 0.5) is 5.88 Å². The smallest absolute Gasteiger partial charge is 0.233 e. The predicted octanol–water partition coefficient (Wildman–Crippen LogP) is 5.80. The number of aromatic nitrogens is 1. The van der Waals surface area contributed by atoms with E-state index in [2.05, 4.69) is 10.3 Å². The number of nitrogens with zero attached hydrogens (tertiary/aromatic N) is 1. The van der Waals surface area contributed by atoms with E-state index in [1.807, 2.05) is 31.2 Å². The van der Waals surface area contributed by atoms with Crippen LogP contribution in [0.15, 0.2) is 87.1 Å². The highest BCUT2D eigenvalue weighted by atomic mass is 35.5. The molecule has 4 aromatic rings. The number of halogens is 1. The lowest BCUT2D eigenvalue weighted by Crippen LogP contribution is -2.09. The van der Waals surface area contributed by atoms with Gasteiger partial charge in [0.2, 0.25) is 26.6 Å². The Hall–Kier alpha value is -3.29. The van der Waals surface area contributed by atoms with E-state index in [0.717, 1.165) is 16.9 Å². The molecule has 0 aliphatic carbocycles. The molecule has 0 saturated heterocycles. The molecule has 4 rings (SSSR count). The molecule has 0 fully saturated rings. The molecule has 33 heavy (non-hydrogen) atoms. The molecule has 0 unspecified atom stereocenters. The molecule has 0 saturated carbocycles. The first-order valence-corrected chi connectivity index (χ1v) is 12.2. The zero-order valence-electron chi connectivity index (χ0n) is 18.2. The second kappa shape index (κ2) is 9.68. The van der Waals surface area contributed by atoms with Gasteiger partial charge in [-0.25, -0.2) is 8.42 Å². The summed E-state index contributed by atoms with van der Waals surface area (Å²) >= 11 is 6.30. The van der Waals surface area contributed by atoms with Crippen molar-refractivity contribution in [3.05, 3.63) is 88.9 Å². The van der Waals surface area contributed by atoms with E-state index in [4.69, 9.17) is 20.8 Å². The summed E-state index contributed by atoms with van der Waals surface area (Å²) in [6.07, 6.45) is 0.649. The van der Waals surface area contributed by atoms with Crippen molar-refractivity contribution in [3.8, 4) is 17.2 Å². The lowest BCUT2D eigenvalue weighted by molar-refractivity contribution is 0.414. The summed E-state index contributed by atoms with van der Waals surface area (Å²) in [7, 11) is -2.30. The zero-order valence-corrected chi connectivity index (χ0v) is 19.8. The Balaban J connectivity index is 1.66. The highest BCUT2D eigenvalue weighted by Crippen LogP contribution is 2.35. The molecule has 1 heterocycles. The SMILES string of the molecule is COc1ccc(CCNc2oc(-c3ccccc3Cl)nc2S(=O)(=O)c2ccc(C)cc2)cc1. The first kappa shape index (κ1) is 22.9. The minimum Gasteiger partial charge on any atom is -0.497 e. The van der Waals surface area contributed by atoms with Gasteiger partial charge in [-0.05, 0) is 55.3 Å². The lowest BCUT2D eigenvalue weighted by atomic mass is 10.1. The van der Waals surface area contributed by atoms with Crippen molar-refractivity contribution >= 4 is 27.3 Å². The van der Waals surface area contributed by atoms with Crippen LogP contribution in [0.3, 0.4) is 0 Å². The quantitative estimate of drug-likeness (QED) is 0.342. The Labute approximate surface area is 198 Å². The summed E-state index contributed by atoms with van der Waals surface area (Å²) in [6, 6.07) is 21.3. The second-order valence-electron chi connectivity index (χ2n) is 7.47. The van der Waals surface area contributed by atoms with E-state index in [0.29, 0.717) is 23.6 Å². The maximum Gasteiger partial charge on any atom is 0.233 e. The summed E-state index contributed by atoms with van der Waals surface area (Å²) in [5, 5.41) is 3.35. The van der Waals surface area contributed by atoms with Gasteiger partial charge in [0.15, 0.2) is 0 Å². The van der Waals surface area contributed by atoms with Crippen LogP contribution in [0.1, 0.15) is 11.1 Å². The Morgan fingerprint density at radius 2 is 1.70 bits per heavy atom. The fraction of sp³-hybridized carbons (Fsp3) is 0.160. The maximum atomic E-state index is 13.4. The number of rotatable bonds is 8. The van der Waals surface area contributed by atoms with Gasteiger partial charge in [0.05, 0.1) is 22.6 Å². The van der Waals surface area contributed by atoms with Gasteiger partial charge in [-0.3, -0.25) is 0 Å². The highest BCUT2D eigenvalue weighted by molar-refractivity contribution is 7.91. The molecule has 0 spiro atoms. The van der Waals surface area contributed by atoms with E-state index in [1.54, 1.807) is 55.6 Å². The van der Waals surface area contributed by atoms with Crippen LogP contribution in [0.2, 0.25) is 5.02 Å². The lowest BCUT2D eigenvalue weighted by Gasteiger charge is -2.07. The van der Waals surface area contributed by atoms with Crippen LogP contribution in [-0.2, 0) is 16.3 Å². The molecule has 0 aliphatic heterocycles. The Bertz CT molecular complexity index is 1350. The van der Waals surface area contributed by atoms with Gasteiger partial charge in [0.1, 0.15) is 5.75 Å². The number of ether oxygens (including phenoxy) is 1. The van der Waals surface area contributed by atoms with E-state index in [-0.39, 0.29) is 21.7 Å². The van der Waals surface area contributed by atoms with Gasteiger partial charge in [-0.2, -0.15) is 4.98 Å². The molecule has 0 radical (unpaired) electrons. The molecular weight excluding hydrogens is 460 g/mol. The molecule has 3 aromatic carbocycles. The van der Waals surface area contributed by atoms with Crippen molar-refractivity contribution in [2.24, 2.45) is 0 Å². The van der Waals surface area contributed by atoms with Crippen LogP contribution in [-0.4, -0.2) is 27.1 Å². The predicted molar refractivity (Wildman–Crippen MR) is 129 cm³/mol. The normalized spacial score (nSPS) is 11.4. The second-order valence-corrected chi connectivity index (χ2v) is 9.75. The number of anilines is 1. The van der Waals surface area contributed by atoms with Crippen molar-refractivity contribution in [2.45, 2.75) is 23.3 Å². The summed E-state index contributed by atoms with van der Waals surface area (Å²) < 4.78 is 37.8. The monoisotopic (exact) mass is 482 g/mol. The van der Waals surface area contributed by atoms with Gasteiger partial charge in [0, 0.05) is 6.54 Å². The Morgan fingerprint density at radius 1 is 1.00 bits per heavy atom. The molecule has 0 aliphatic rings. The van der Waals surface area contributed by atoms with Gasteiger partial charge >= 0.3 is 0 Å². The molecule has 8 heteroatoms. The fourth-order valence-electron chi connectivity index (χ4n) is 3.29. The summed E-state index contributed by atoms with van der Waals surface area (Å²) in [6.45, 7) is 2.34. The highest BCUT2D eigenvalue weighted by Gasteiger charge is 2.29. The van der Waals surface area contributed by atoms with Gasteiger partial charge in [0.25, 0.3) is 0 Å².